The lowest BCUT2D eigenvalue weighted by Gasteiger charge is -1.99. The van der Waals surface area contributed by atoms with Gasteiger partial charge in [-0.15, -0.1) is 0 Å². The zero-order chi connectivity index (χ0) is 15.2. The van der Waals surface area contributed by atoms with Crippen molar-refractivity contribution in [1.29, 1.82) is 0 Å². The first kappa shape index (κ1) is 13.4. The summed E-state index contributed by atoms with van der Waals surface area (Å²) in [5, 5.41) is 18.8. The van der Waals surface area contributed by atoms with Crippen molar-refractivity contribution >= 4 is 21.2 Å². The Balaban J connectivity index is 2.14. The van der Waals surface area contributed by atoms with Gasteiger partial charge >= 0.3 is 0 Å². The van der Waals surface area contributed by atoms with E-state index in [1.54, 1.807) is 6.07 Å². The molecule has 8 heteroatoms. The maximum Gasteiger partial charge on any atom is 0.294 e. The van der Waals surface area contributed by atoms with Crippen molar-refractivity contribution in [3.8, 4) is 22.9 Å². The highest BCUT2D eigenvalue weighted by atomic mass is 32.2. The topological polar surface area (TPSA) is 124 Å². The number of hydrogen-bond donors (Lipinski definition) is 4. The molecule has 0 bridgehead atoms. The summed E-state index contributed by atoms with van der Waals surface area (Å²) < 4.78 is 31.2. The maximum absolute atomic E-state index is 11.1. The second-order valence-electron chi connectivity index (χ2n) is 4.44. The first-order valence-corrected chi connectivity index (χ1v) is 7.28. The number of hydrogen-bond acceptors (Lipinski definition) is 5. The molecule has 1 heterocycles. The molecule has 3 aromatic rings. The van der Waals surface area contributed by atoms with Gasteiger partial charge in [-0.2, -0.15) is 8.42 Å². The van der Waals surface area contributed by atoms with Gasteiger partial charge in [0.1, 0.15) is 5.82 Å². The fraction of sp³-hybridized carbons (Fsp3) is 0. The number of nitrogens with one attached hydrogen (secondary N) is 1. The number of aromatic amines is 1. The quantitative estimate of drug-likeness (QED) is 0.423. The number of fused-ring (bicyclic) bond motifs is 1. The Morgan fingerprint density at radius 1 is 1.00 bits per heavy atom. The van der Waals surface area contributed by atoms with Crippen molar-refractivity contribution in [1.82, 2.24) is 9.97 Å². The molecule has 3 rings (SSSR count). The van der Waals surface area contributed by atoms with Crippen LogP contribution in [0.25, 0.3) is 22.4 Å². The number of H-pyrrole nitrogens is 1. The molecule has 108 valence electrons. The molecule has 7 nitrogen and oxygen atoms in total. The first-order chi connectivity index (χ1) is 9.84. The molecule has 0 amide bonds. The van der Waals surface area contributed by atoms with Gasteiger partial charge in [-0.1, -0.05) is 0 Å². The van der Waals surface area contributed by atoms with Crippen LogP contribution in [-0.4, -0.2) is 33.2 Å². The lowest BCUT2D eigenvalue weighted by atomic mass is 10.2. The first-order valence-electron chi connectivity index (χ1n) is 5.84. The third kappa shape index (κ3) is 2.41. The summed E-state index contributed by atoms with van der Waals surface area (Å²) in [6.07, 6.45) is 0. The van der Waals surface area contributed by atoms with Crippen molar-refractivity contribution in [2.45, 2.75) is 4.90 Å². The minimum Gasteiger partial charge on any atom is -0.504 e. The van der Waals surface area contributed by atoms with Gasteiger partial charge in [-0.3, -0.25) is 4.55 Å². The second kappa shape index (κ2) is 4.47. The van der Waals surface area contributed by atoms with Gasteiger partial charge in [-0.05, 0) is 36.4 Å². The van der Waals surface area contributed by atoms with E-state index in [0.29, 0.717) is 22.4 Å². The van der Waals surface area contributed by atoms with Crippen molar-refractivity contribution in [3.63, 3.8) is 0 Å². The number of benzene rings is 2. The summed E-state index contributed by atoms with van der Waals surface area (Å²) in [5.74, 6) is -0.136. The van der Waals surface area contributed by atoms with Crippen LogP contribution in [0.15, 0.2) is 41.3 Å². The molecule has 21 heavy (non-hydrogen) atoms. The van der Waals surface area contributed by atoms with Crippen molar-refractivity contribution in [2.24, 2.45) is 0 Å². The van der Waals surface area contributed by atoms with E-state index in [9.17, 15) is 18.6 Å². The Morgan fingerprint density at radius 3 is 2.43 bits per heavy atom. The van der Waals surface area contributed by atoms with Crippen LogP contribution in [0.4, 0.5) is 0 Å². The molecular weight excluding hydrogens is 296 g/mol. The van der Waals surface area contributed by atoms with Gasteiger partial charge in [0.15, 0.2) is 11.5 Å². The van der Waals surface area contributed by atoms with Gasteiger partial charge in [0.05, 0.1) is 15.9 Å². The number of phenolic OH excluding ortho intramolecular Hbond substituents is 2. The van der Waals surface area contributed by atoms with Crippen LogP contribution in [0, 0.1) is 0 Å². The maximum atomic E-state index is 11.1. The van der Waals surface area contributed by atoms with Gasteiger partial charge in [0.2, 0.25) is 0 Å². The lowest BCUT2D eigenvalue weighted by molar-refractivity contribution is 0.404. The largest absolute Gasteiger partial charge is 0.504 e. The van der Waals surface area contributed by atoms with Gasteiger partial charge in [0.25, 0.3) is 10.1 Å². The van der Waals surface area contributed by atoms with Crippen LogP contribution < -0.4 is 0 Å². The molecule has 0 saturated heterocycles. The van der Waals surface area contributed by atoms with Crippen LogP contribution in [-0.2, 0) is 10.1 Å². The number of rotatable bonds is 2. The zero-order valence-electron chi connectivity index (χ0n) is 10.5. The Labute approximate surface area is 119 Å². The Morgan fingerprint density at radius 2 is 1.76 bits per heavy atom. The van der Waals surface area contributed by atoms with Crippen LogP contribution >= 0.6 is 0 Å². The number of imidazole rings is 1. The molecule has 0 radical (unpaired) electrons. The van der Waals surface area contributed by atoms with Gasteiger partial charge in [-0.25, -0.2) is 4.98 Å². The van der Waals surface area contributed by atoms with E-state index < -0.39 is 10.1 Å². The summed E-state index contributed by atoms with van der Waals surface area (Å²) in [6, 6.07) is 8.18. The molecule has 0 spiro atoms. The summed E-state index contributed by atoms with van der Waals surface area (Å²) in [6.45, 7) is 0. The van der Waals surface area contributed by atoms with Gasteiger partial charge < -0.3 is 15.2 Å². The van der Waals surface area contributed by atoms with E-state index in [0.717, 1.165) is 0 Å². The Bertz CT molecular complexity index is 946. The SMILES string of the molecule is O=S(=O)(O)c1ccc2[nH]c(-c3ccc(O)c(O)c3)nc2c1. The normalized spacial score (nSPS) is 11.9. The predicted molar refractivity (Wildman–Crippen MR) is 74.7 cm³/mol. The molecule has 1 aromatic heterocycles. The van der Waals surface area contributed by atoms with E-state index in [-0.39, 0.29) is 16.4 Å². The standard InChI is InChI=1S/C13H10N2O5S/c16-11-4-1-7(5-12(11)17)13-14-9-3-2-8(21(18,19)20)6-10(9)15-13/h1-6,16-17H,(H,14,15)(H,18,19,20). The summed E-state index contributed by atoms with van der Waals surface area (Å²) >= 11 is 0. The highest BCUT2D eigenvalue weighted by Gasteiger charge is 2.13. The summed E-state index contributed by atoms with van der Waals surface area (Å²) in [5.41, 5.74) is 1.45. The third-order valence-electron chi connectivity index (χ3n) is 3.00. The van der Waals surface area contributed by atoms with Crippen LogP contribution in [0.2, 0.25) is 0 Å². The molecule has 2 aromatic carbocycles. The molecule has 0 aliphatic heterocycles. The van der Waals surface area contributed by atoms with E-state index >= 15 is 0 Å². The second-order valence-corrected chi connectivity index (χ2v) is 5.86. The monoisotopic (exact) mass is 306 g/mol. The number of aromatic nitrogens is 2. The molecule has 0 fully saturated rings. The van der Waals surface area contributed by atoms with E-state index in [2.05, 4.69) is 9.97 Å². The molecular formula is C13H10N2O5S. The average Bonchev–Trinajstić information content (AvgIpc) is 2.83. The number of phenols is 2. The van der Waals surface area contributed by atoms with Crippen molar-refractivity contribution in [2.75, 3.05) is 0 Å². The lowest BCUT2D eigenvalue weighted by Crippen LogP contribution is -1.97. The minimum absolute atomic E-state index is 0.247. The highest BCUT2D eigenvalue weighted by molar-refractivity contribution is 7.85. The smallest absolute Gasteiger partial charge is 0.294 e. The minimum atomic E-state index is -4.29. The zero-order valence-corrected chi connectivity index (χ0v) is 11.3. The van der Waals surface area contributed by atoms with Crippen molar-refractivity contribution in [3.05, 3.63) is 36.4 Å². The fourth-order valence-electron chi connectivity index (χ4n) is 1.95. The summed E-state index contributed by atoms with van der Waals surface area (Å²) in [7, 11) is -4.29. The molecule has 0 aliphatic carbocycles. The highest BCUT2D eigenvalue weighted by Crippen LogP contribution is 2.30. The number of aromatic hydroxyl groups is 2. The van der Waals surface area contributed by atoms with Crippen molar-refractivity contribution < 1.29 is 23.2 Å². The molecule has 0 atom stereocenters. The van der Waals surface area contributed by atoms with Crippen LogP contribution in [0.1, 0.15) is 0 Å². The van der Waals surface area contributed by atoms with E-state index in [1.165, 1.54) is 30.3 Å². The molecule has 4 N–H and O–H groups in total. The van der Waals surface area contributed by atoms with Crippen LogP contribution in [0.5, 0.6) is 11.5 Å². The molecule has 0 saturated carbocycles. The van der Waals surface area contributed by atoms with E-state index in [4.69, 9.17) is 4.55 Å². The molecule has 0 aliphatic rings. The number of nitrogens with zero attached hydrogens (tertiary/aromatic N) is 1. The third-order valence-corrected chi connectivity index (χ3v) is 3.85. The van der Waals surface area contributed by atoms with E-state index in [1.807, 2.05) is 0 Å². The predicted octanol–water partition coefficient (Wildman–Crippen LogP) is 1.89. The fourth-order valence-corrected chi connectivity index (χ4v) is 2.45. The van der Waals surface area contributed by atoms with Gasteiger partial charge in [0, 0.05) is 5.56 Å². The average molecular weight is 306 g/mol. The Hall–Kier alpha value is -2.58. The Kier molecular flexibility index (Phi) is 2.85. The molecule has 0 unspecified atom stereocenters. The summed E-state index contributed by atoms with van der Waals surface area (Å²) in [4.78, 5) is 6.91. The van der Waals surface area contributed by atoms with Crippen LogP contribution in [0.3, 0.4) is 0 Å².